The zero-order chi connectivity index (χ0) is 9.84. The molecule has 1 aromatic rings. The smallest absolute Gasteiger partial charge is 0.350 e. The van der Waals surface area contributed by atoms with Gasteiger partial charge in [0, 0.05) is 6.07 Å². The van der Waals surface area contributed by atoms with Gasteiger partial charge in [-0.1, -0.05) is 5.59 Å². The van der Waals surface area contributed by atoms with Crippen molar-refractivity contribution in [2.45, 2.75) is 0 Å². The Bertz CT molecular complexity index is 391. The van der Waals surface area contributed by atoms with Crippen molar-refractivity contribution < 1.29 is 9.63 Å². The number of nitrogens with one attached hydrogen (secondary N) is 3. The molecule has 8 nitrogen and oxygen atoms in total. The van der Waals surface area contributed by atoms with Crippen LogP contribution in [0, 0.1) is 0 Å². The fourth-order valence-electron chi connectivity index (χ4n) is 0.687. The third-order valence-electron chi connectivity index (χ3n) is 1.13. The minimum atomic E-state index is -0.953. The Hall–Kier alpha value is -1.93. The number of nitrogens with two attached hydrogens (primary N) is 1. The Morgan fingerprint density at radius 2 is 2.15 bits per heavy atom. The number of hydrazine groups is 1. The fraction of sp³-hybridized carbons (Fsp3) is 0. The molecule has 0 spiro atoms. The van der Waals surface area contributed by atoms with Gasteiger partial charge >= 0.3 is 11.7 Å². The second-order valence-electron chi connectivity index (χ2n) is 2.01. The standard InChI is InChI=1S/C5H6N4O4/c6-9-13-4(11)2-1-3(10)8-5(12)7-2/h1,9H,6H2,(H2,7,8,10,12). The van der Waals surface area contributed by atoms with E-state index in [4.69, 9.17) is 0 Å². The first-order chi connectivity index (χ1) is 6.13. The van der Waals surface area contributed by atoms with Crippen LogP contribution in [-0.2, 0) is 4.84 Å². The predicted octanol–water partition coefficient (Wildman–Crippen LogP) is -2.40. The minimum absolute atomic E-state index is 0.285. The lowest BCUT2D eigenvalue weighted by Gasteiger charge is -1.98. The van der Waals surface area contributed by atoms with E-state index in [-0.39, 0.29) is 5.69 Å². The molecule has 1 heterocycles. The highest BCUT2D eigenvalue weighted by atomic mass is 16.7. The van der Waals surface area contributed by atoms with Crippen LogP contribution < -0.4 is 22.7 Å². The lowest BCUT2D eigenvalue weighted by atomic mass is 10.4. The van der Waals surface area contributed by atoms with Crippen LogP contribution in [0.5, 0.6) is 0 Å². The molecule has 8 heteroatoms. The summed E-state index contributed by atoms with van der Waals surface area (Å²) in [5.74, 6) is 3.72. The number of H-pyrrole nitrogens is 2. The van der Waals surface area contributed by atoms with Crippen molar-refractivity contribution in [1.82, 2.24) is 15.6 Å². The molecule has 1 rings (SSSR count). The largest absolute Gasteiger partial charge is 0.374 e. The van der Waals surface area contributed by atoms with E-state index in [0.29, 0.717) is 0 Å². The summed E-state index contributed by atoms with van der Waals surface area (Å²) in [4.78, 5) is 40.2. The lowest BCUT2D eigenvalue weighted by Crippen LogP contribution is -2.30. The predicted molar refractivity (Wildman–Crippen MR) is 40.4 cm³/mol. The maximum absolute atomic E-state index is 10.9. The first-order valence-corrected chi connectivity index (χ1v) is 3.14. The Balaban J connectivity index is 3.08. The van der Waals surface area contributed by atoms with Gasteiger partial charge in [0.25, 0.3) is 5.56 Å². The van der Waals surface area contributed by atoms with Gasteiger partial charge in [0.05, 0.1) is 0 Å². The molecule has 0 radical (unpaired) electrons. The van der Waals surface area contributed by atoms with E-state index in [1.54, 1.807) is 5.59 Å². The van der Waals surface area contributed by atoms with Crippen LogP contribution in [0.2, 0.25) is 0 Å². The van der Waals surface area contributed by atoms with Crippen LogP contribution in [0.4, 0.5) is 0 Å². The molecule has 0 unspecified atom stereocenters. The first-order valence-electron chi connectivity index (χ1n) is 3.14. The molecule has 13 heavy (non-hydrogen) atoms. The van der Waals surface area contributed by atoms with Gasteiger partial charge in [0.1, 0.15) is 5.69 Å². The molecule has 0 atom stereocenters. The molecule has 5 N–H and O–H groups in total. The molecule has 0 fully saturated rings. The highest BCUT2D eigenvalue weighted by Gasteiger charge is 2.08. The van der Waals surface area contributed by atoms with Gasteiger partial charge in [-0.25, -0.2) is 15.4 Å². The van der Waals surface area contributed by atoms with E-state index in [9.17, 15) is 14.4 Å². The number of carbonyl (C=O) groups is 1. The summed E-state index contributed by atoms with van der Waals surface area (Å²) in [7, 11) is 0. The molecule has 0 saturated heterocycles. The van der Waals surface area contributed by atoms with Crippen molar-refractivity contribution >= 4 is 5.97 Å². The SMILES string of the molecule is NNOC(=O)c1cc(=O)[nH]c(=O)[nH]1. The van der Waals surface area contributed by atoms with Gasteiger partial charge in [0.15, 0.2) is 0 Å². The van der Waals surface area contributed by atoms with Crippen LogP contribution in [0.25, 0.3) is 0 Å². The van der Waals surface area contributed by atoms with E-state index in [2.05, 4.69) is 15.7 Å². The number of hydrogen-bond donors (Lipinski definition) is 4. The molecule has 0 saturated carbocycles. The number of aromatic amines is 2. The molecule has 1 aromatic heterocycles. The quantitative estimate of drug-likeness (QED) is 0.301. The number of carbonyl (C=O) groups excluding carboxylic acids is 1. The molecule has 70 valence electrons. The molecular weight excluding hydrogens is 180 g/mol. The Kier molecular flexibility index (Phi) is 2.57. The van der Waals surface area contributed by atoms with Crippen LogP contribution in [0.1, 0.15) is 10.5 Å². The molecule has 0 aliphatic carbocycles. The van der Waals surface area contributed by atoms with E-state index < -0.39 is 17.2 Å². The average Bonchev–Trinajstić information content (AvgIpc) is 2.03. The van der Waals surface area contributed by atoms with Crippen molar-refractivity contribution in [3.63, 3.8) is 0 Å². The van der Waals surface area contributed by atoms with Crippen molar-refractivity contribution in [3.05, 3.63) is 32.6 Å². The van der Waals surface area contributed by atoms with Gasteiger partial charge in [-0.3, -0.25) is 9.78 Å². The van der Waals surface area contributed by atoms with E-state index in [1.807, 2.05) is 4.98 Å². The third-order valence-corrected chi connectivity index (χ3v) is 1.13. The van der Waals surface area contributed by atoms with E-state index in [1.165, 1.54) is 0 Å². The zero-order valence-electron chi connectivity index (χ0n) is 6.29. The number of rotatable bonds is 2. The summed E-state index contributed by atoms with van der Waals surface area (Å²) in [5, 5.41) is 0. The molecule has 0 aliphatic rings. The zero-order valence-corrected chi connectivity index (χ0v) is 6.29. The van der Waals surface area contributed by atoms with Crippen molar-refractivity contribution in [1.29, 1.82) is 0 Å². The number of hydrogen-bond acceptors (Lipinski definition) is 6. The van der Waals surface area contributed by atoms with Gasteiger partial charge in [-0.05, 0) is 0 Å². The summed E-state index contributed by atoms with van der Waals surface area (Å²) in [6.45, 7) is 0. The maximum Gasteiger partial charge on any atom is 0.374 e. The van der Waals surface area contributed by atoms with Crippen molar-refractivity contribution in [2.24, 2.45) is 5.84 Å². The molecule has 0 aromatic carbocycles. The van der Waals surface area contributed by atoms with Gasteiger partial charge in [-0.15, -0.1) is 0 Å². The Morgan fingerprint density at radius 3 is 2.69 bits per heavy atom. The van der Waals surface area contributed by atoms with Crippen molar-refractivity contribution in [2.75, 3.05) is 0 Å². The minimum Gasteiger partial charge on any atom is -0.350 e. The third kappa shape index (κ3) is 2.25. The molecule has 0 bridgehead atoms. The Morgan fingerprint density at radius 1 is 1.46 bits per heavy atom. The molecule has 0 amide bonds. The topological polar surface area (TPSA) is 130 Å². The second kappa shape index (κ2) is 3.65. The van der Waals surface area contributed by atoms with Gasteiger partial charge in [0.2, 0.25) is 0 Å². The van der Waals surface area contributed by atoms with E-state index in [0.717, 1.165) is 6.07 Å². The first kappa shape index (κ1) is 9.16. The normalized spacial score (nSPS) is 9.62. The van der Waals surface area contributed by atoms with Gasteiger partial charge in [-0.2, -0.15) is 0 Å². The molecule has 0 aliphatic heterocycles. The van der Waals surface area contributed by atoms with Crippen molar-refractivity contribution in [3.8, 4) is 0 Å². The monoisotopic (exact) mass is 186 g/mol. The van der Waals surface area contributed by atoms with E-state index >= 15 is 0 Å². The maximum atomic E-state index is 10.9. The number of aromatic nitrogens is 2. The van der Waals surface area contributed by atoms with Gasteiger partial charge < -0.3 is 9.82 Å². The second-order valence-corrected chi connectivity index (χ2v) is 2.01. The van der Waals surface area contributed by atoms with Crippen LogP contribution in [-0.4, -0.2) is 15.9 Å². The summed E-state index contributed by atoms with van der Waals surface area (Å²) >= 11 is 0. The summed E-state index contributed by atoms with van der Waals surface area (Å²) in [5.41, 5.74) is -0.161. The highest BCUT2D eigenvalue weighted by Crippen LogP contribution is 1.86. The lowest BCUT2D eigenvalue weighted by molar-refractivity contribution is 0.0246. The van der Waals surface area contributed by atoms with Crippen LogP contribution in [0.15, 0.2) is 15.7 Å². The molecular formula is C5H6N4O4. The van der Waals surface area contributed by atoms with Crippen LogP contribution >= 0.6 is 0 Å². The van der Waals surface area contributed by atoms with Crippen LogP contribution in [0.3, 0.4) is 0 Å². The fourth-order valence-corrected chi connectivity index (χ4v) is 0.687. The Labute approximate surface area is 70.6 Å². The summed E-state index contributed by atoms with van der Waals surface area (Å²) in [6.07, 6.45) is 0. The summed E-state index contributed by atoms with van der Waals surface area (Å²) < 4.78 is 0. The highest BCUT2D eigenvalue weighted by molar-refractivity contribution is 5.86. The summed E-state index contributed by atoms with van der Waals surface area (Å²) in [6, 6.07) is 0.876. The average molecular weight is 186 g/mol.